The van der Waals surface area contributed by atoms with Gasteiger partial charge >= 0.3 is 0 Å². The van der Waals surface area contributed by atoms with E-state index in [-0.39, 0.29) is 16.3 Å². The summed E-state index contributed by atoms with van der Waals surface area (Å²) in [5, 5.41) is 0. The lowest BCUT2D eigenvalue weighted by atomic mass is 9.98. The fraction of sp³-hybridized carbons (Fsp3) is 0.400. The molecule has 5 heteroatoms. The largest absolute Gasteiger partial charge is 0.229 e. The van der Waals surface area contributed by atoms with E-state index in [0.717, 1.165) is 5.56 Å². The zero-order valence-electron chi connectivity index (χ0n) is 7.86. The van der Waals surface area contributed by atoms with Gasteiger partial charge in [-0.05, 0) is 5.56 Å². The van der Waals surface area contributed by atoms with Gasteiger partial charge in [0.05, 0.1) is 15.8 Å². The van der Waals surface area contributed by atoms with Crippen molar-refractivity contribution in [2.75, 3.05) is 11.5 Å². The predicted molar refractivity (Wildman–Crippen MR) is 68.4 cm³/mol. The molecule has 1 saturated heterocycles. The number of rotatable bonds is 1. The first-order valence-electron chi connectivity index (χ1n) is 4.53. The van der Waals surface area contributed by atoms with Crippen LogP contribution in [-0.2, 0) is 14.2 Å². The highest BCUT2D eigenvalue weighted by molar-refractivity contribution is 9.12. The Kier molecular flexibility index (Phi) is 2.99. The van der Waals surface area contributed by atoms with E-state index < -0.39 is 14.2 Å². The topological polar surface area (TPSA) is 34.1 Å². The molecule has 2 nitrogen and oxygen atoms in total. The van der Waals surface area contributed by atoms with E-state index in [1.54, 1.807) is 0 Å². The van der Waals surface area contributed by atoms with Crippen molar-refractivity contribution in [3.8, 4) is 0 Å². The molecule has 0 spiro atoms. The van der Waals surface area contributed by atoms with Crippen molar-refractivity contribution in [2.24, 2.45) is 0 Å². The quantitative estimate of drug-likeness (QED) is 0.727. The minimum atomic E-state index is -2.95. The molecule has 1 aliphatic heterocycles. The minimum Gasteiger partial charge on any atom is -0.229 e. The van der Waals surface area contributed by atoms with Gasteiger partial charge in [-0.1, -0.05) is 62.2 Å². The summed E-state index contributed by atoms with van der Waals surface area (Å²) in [4.78, 5) is -0.0719. The summed E-state index contributed by atoms with van der Waals surface area (Å²) in [7, 11) is -2.95. The number of hydrogen-bond donors (Lipinski definition) is 0. The lowest BCUT2D eigenvalue weighted by molar-refractivity contribution is 0.601. The first-order valence-corrected chi connectivity index (χ1v) is 8.06. The van der Waals surface area contributed by atoms with E-state index in [9.17, 15) is 8.42 Å². The summed E-state index contributed by atoms with van der Waals surface area (Å²) in [6, 6.07) is 9.66. The summed E-state index contributed by atoms with van der Waals surface area (Å²) < 4.78 is 22.7. The average molecular weight is 354 g/mol. The number of benzene rings is 1. The van der Waals surface area contributed by atoms with Gasteiger partial charge in [-0.15, -0.1) is 0 Å². The Balaban J connectivity index is 2.45. The SMILES string of the molecule is O=S1(=O)C[C@@H](Br)[C@](Br)(c2ccccc2)C1. The maximum absolute atomic E-state index is 11.6. The zero-order valence-corrected chi connectivity index (χ0v) is 11.8. The number of halogens is 2. The van der Waals surface area contributed by atoms with Crippen LogP contribution in [0.5, 0.6) is 0 Å². The third kappa shape index (κ3) is 2.15. The van der Waals surface area contributed by atoms with E-state index in [2.05, 4.69) is 31.9 Å². The molecule has 2 atom stereocenters. The molecule has 0 aliphatic carbocycles. The Labute approximate surface area is 106 Å². The lowest BCUT2D eigenvalue weighted by Crippen LogP contribution is -2.27. The molecular formula is C10H10Br2O2S. The van der Waals surface area contributed by atoms with Gasteiger partial charge in [-0.2, -0.15) is 0 Å². The highest BCUT2D eigenvalue weighted by atomic mass is 79.9. The van der Waals surface area contributed by atoms with Crippen molar-refractivity contribution in [3.63, 3.8) is 0 Å². The molecule has 1 heterocycles. The second-order valence-corrected chi connectivity index (χ2v) is 8.38. The molecule has 1 aliphatic rings. The maximum atomic E-state index is 11.6. The molecule has 2 rings (SSSR count). The maximum Gasteiger partial charge on any atom is 0.153 e. The van der Waals surface area contributed by atoms with Crippen LogP contribution in [-0.4, -0.2) is 24.8 Å². The minimum absolute atomic E-state index is 0.0719. The summed E-state index contributed by atoms with van der Waals surface area (Å²) in [5.41, 5.74) is 1.01. The summed E-state index contributed by atoms with van der Waals surface area (Å²) in [6.45, 7) is 0. The van der Waals surface area contributed by atoms with Crippen LogP contribution in [0.25, 0.3) is 0 Å². The summed E-state index contributed by atoms with van der Waals surface area (Å²) in [5.74, 6) is 0.340. The second kappa shape index (κ2) is 3.86. The lowest BCUT2D eigenvalue weighted by Gasteiger charge is -2.24. The fourth-order valence-corrected chi connectivity index (χ4v) is 7.20. The molecule has 0 bridgehead atoms. The molecule has 15 heavy (non-hydrogen) atoms. The number of sulfone groups is 1. The second-order valence-electron chi connectivity index (χ2n) is 3.75. The van der Waals surface area contributed by atoms with Crippen LogP contribution in [0, 0.1) is 0 Å². The molecule has 0 aromatic heterocycles. The van der Waals surface area contributed by atoms with Gasteiger partial charge in [-0.3, -0.25) is 0 Å². The molecule has 1 fully saturated rings. The third-order valence-corrected chi connectivity index (χ3v) is 8.13. The van der Waals surface area contributed by atoms with E-state index in [0.29, 0.717) is 0 Å². The van der Waals surface area contributed by atoms with Crippen molar-refractivity contribution < 1.29 is 8.42 Å². The smallest absolute Gasteiger partial charge is 0.153 e. The molecule has 0 amide bonds. The van der Waals surface area contributed by atoms with Crippen LogP contribution in [0.15, 0.2) is 30.3 Å². The molecular weight excluding hydrogens is 344 g/mol. The van der Waals surface area contributed by atoms with Gasteiger partial charge in [0.2, 0.25) is 0 Å². The highest BCUT2D eigenvalue weighted by Crippen LogP contribution is 2.45. The Morgan fingerprint density at radius 3 is 2.33 bits per heavy atom. The molecule has 0 N–H and O–H groups in total. The van der Waals surface area contributed by atoms with Crippen LogP contribution < -0.4 is 0 Å². The van der Waals surface area contributed by atoms with Gasteiger partial charge in [-0.25, -0.2) is 8.42 Å². The first kappa shape index (κ1) is 11.6. The summed E-state index contributed by atoms with van der Waals surface area (Å²) in [6.07, 6.45) is 0. The Bertz CT molecular complexity index is 458. The Morgan fingerprint density at radius 1 is 1.27 bits per heavy atom. The van der Waals surface area contributed by atoms with Gasteiger partial charge in [0.25, 0.3) is 0 Å². The highest BCUT2D eigenvalue weighted by Gasteiger charge is 2.48. The predicted octanol–water partition coefficient (Wildman–Crippen LogP) is 2.47. The fourth-order valence-electron chi connectivity index (χ4n) is 1.80. The molecule has 0 radical (unpaired) electrons. The molecule has 82 valence electrons. The van der Waals surface area contributed by atoms with Crippen molar-refractivity contribution in [2.45, 2.75) is 9.15 Å². The number of hydrogen-bond acceptors (Lipinski definition) is 2. The normalized spacial score (nSPS) is 34.1. The van der Waals surface area contributed by atoms with Crippen molar-refractivity contribution in [3.05, 3.63) is 35.9 Å². The van der Waals surface area contributed by atoms with E-state index >= 15 is 0 Å². The Morgan fingerprint density at radius 2 is 1.87 bits per heavy atom. The van der Waals surface area contributed by atoms with Crippen LogP contribution in [0.3, 0.4) is 0 Å². The molecule has 0 unspecified atom stereocenters. The van der Waals surface area contributed by atoms with Crippen LogP contribution >= 0.6 is 31.9 Å². The van der Waals surface area contributed by atoms with E-state index in [1.807, 2.05) is 30.3 Å². The van der Waals surface area contributed by atoms with E-state index in [4.69, 9.17) is 0 Å². The zero-order chi connectivity index (χ0) is 11.1. The van der Waals surface area contributed by atoms with Gasteiger partial charge < -0.3 is 0 Å². The van der Waals surface area contributed by atoms with Crippen molar-refractivity contribution in [1.82, 2.24) is 0 Å². The average Bonchev–Trinajstić information content (AvgIpc) is 2.38. The first-order chi connectivity index (χ1) is 6.94. The third-order valence-electron chi connectivity index (χ3n) is 2.58. The Hall–Kier alpha value is 0.130. The van der Waals surface area contributed by atoms with Crippen molar-refractivity contribution in [1.29, 1.82) is 0 Å². The van der Waals surface area contributed by atoms with Crippen LogP contribution in [0.4, 0.5) is 0 Å². The molecule has 1 aromatic carbocycles. The molecule has 0 saturated carbocycles. The number of alkyl halides is 2. The van der Waals surface area contributed by atoms with Crippen molar-refractivity contribution >= 4 is 41.7 Å². The van der Waals surface area contributed by atoms with Crippen LogP contribution in [0.2, 0.25) is 0 Å². The van der Waals surface area contributed by atoms with Gasteiger partial charge in [0, 0.05) is 4.83 Å². The van der Waals surface area contributed by atoms with Crippen LogP contribution in [0.1, 0.15) is 5.56 Å². The molecule has 1 aromatic rings. The van der Waals surface area contributed by atoms with Gasteiger partial charge in [0.1, 0.15) is 0 Å². The van der Waals surface area contributed by atoms with E-state index in [1.165, 1.54) is 0 Å². The monoisotopic (exact) mass is 352 g/mol. The van der Waals surface area contributed by atoms with Gasteiger partial charge in [0.15, 0.2) is 9.84 Å². The summed E-state index contributed by atoms with van der Waals surface area (Å²) >= 11 is 7.02. The standard InChI is InChI=1S/C10H10Br2O2S/c11-9-6-15(13,14)7-10(9,12)8-4-2-1-3-5-8/h1-5,9H,6-7H2/t9-,10-/m1/s1.